The smallest absolute Gasteiger partial charge is 0.194 e. The lowest BCUT2D eigenvalue weighted by Gasteiger charge is -2.37. The number of anilines is 1. The molecular weight excluding hydrogens is 341 g/mol. The monoisotopic (exact) mass is 365 g/mol. The summed E-state index contributed by atoms with van der Waals surface area (Å²) >= 11 is 0. The summed E-state index contributed by atoms with van der Waals surface area (Å²) in [5.41, 5.74) is 3.36. The Morgan fingerprint density at radius 1 is 1.07 bits per heavy atom. The normalized spacial score (nSPS) is 15.4. The predicted molar refractivity (Wildman–Crippen MR) is 109 cm³/mol. The highest BCUT2D eigenvalue weighted by molar-refractivity contribution is 5.82. The van der Waals surface area contributed by atoms with E-state index in [0.717, 1.165) is 49.0 Å². The molecule has 1 aromatic heterocycles. The molecule has 6 heteroatoms. The standard InChI is InChI=1S/C21H24FN5/c1-23-21(24-15-18-14-16-4-2-3-5-20(16)25-18)27-12-10-26(11-13-27)19-8-6-17(22)7-9-19/h2-9,14,25H,10-13,15H2,1H3,(H,23,24). The minimum absolute atomic E-state index is 0.195. The van der Waals surface area contributed by atoms with E-state index in [2.05, 4.69) is 43.3 Å². The van der Waals surface area contributed by atoms with Gasteiger partial charge in [0, 0.05) is 50.1 Å². The maximum absolute atomic E-state index is 13.1. The fourth-order valence-corrected chi connectivity index (χ4v) is 3.56. The topological polar surface area (TPSA) is 46.7 Å². The minimum Gasteiger partial charge on any atom is -0.368 e. The van der Waals surface area contributed by atoms with Crippen LogP contribution in [-0.2, 0) is 6.54 Å². The van der Waals surface area contributed by atoms with Crippen LogP contribution in [0.5, 0.6) is 0 Å². The van der Waals surface area contributed by atoms with Gasteiger partial charge in [-0.25, -0.2) is 4.39 Å². The van der Waals surface area contributed by atoms with Crippen molar-refractivity contribution in [1.29, 1.82) is 0 Å². The minimum atomic E-state index is -0.195. The van der Waals surface area contributed by atoms with Crippen LogP contribution in [-0.4, -0.2) is 49.1 Å². The summed E-state index contributed by atoms with van der Waals surface area (Å²) in [6.45, 7) is 4.24. The predicted octanol–water partition coefficient (Wildman–Crippen LogP) is 3.20. The van der Waals surface area contributed by atoms with Crippen LogP contribution >= 0.6 is 0 Å². The number of aromatic amines is 1. The Kier molecular flexibility index (Phi) is 4.96. The fourth-order valence-electron chi connectivity index (χ4n) is 3.56. The van der Waals surface area contributed by atoms with Crippen molar-refractivity contribution in [3.05, 3.63) is 66.1 Å². The fraction of sp³-hybridized carbons (Fsp3) is 0.286. The number of nitrogens with one attached hydrogen (secondary N) is 2. The Morgan fingerprint density at radius 2 is 1.81 bits per heavy atom. The highest BCUT2D eigenvalue weighted by Gasteiger charge is 2.19. The van der Waals surface area contributed by atoms with Crippen molar-refractivity contribution in [1.82, 2.24) is 15.2 Å². The van der Waals surface area contributed by atoms with Gasteiger partial charge in [0.2, 0.25) is 0 Å². The first-order valence-corrected chi connectivity index (χ1v) is 9.26. The molecule has 140 valence electrons. The molecule has 3 aromatic rings. The molecule has 0 bridgehead atoms. The number of piperazine rings is 1. The highest BCUT2D eigenvalue weighted by Crippen LogP contribution is 2.17. The van der Waals surface area contributed by atoms with Gasteiger partial charge < -0.3 is 20.1 Å². The lowest BCUT2D eigenvalue weighted by molar-refractivity contribution is 0.372. The van der Waals surface area contributed by atoms with Crippen molar-refractivity contribution in [2.24, 2.45) is 4.99 Å². The molecule has 1 aliphatic heterocycles. The summed E-state index contributed by atoms with van der Waals surface area (Å²) in [4.78, 5) is 12.4. The van der Waals surface area contributed by atoms with E-state index in [1.54, 1.807) is 0 Å². The summed E-state index contributed by atoms with van der Waals surface area (Å²) in [6, 6.07) is 17.2. The van der Waals surface area contributed by atoms with E-state index in [1.807, 2.05) is 31.3 Å². The van der Waals surface area contributed by atoms with Gasteiger partial charge in [0.1, 0.15) is 5.82 Å². The third-order valence-electron chi connectivity index (χ3n) is 5.01. The van der Waals surface area contributed by atoms with E-state index >= 15 is 0 Å². The second-order valence-corrected chi connectivity index (χ2v) is 6.73. The van der Waals surface area contributed by atoms with Crippen LogP contribution in [0.15, 0.2) is 59.6 Å². The molecule has 1 aliphatic rings. The Morgan fingerprint density at radius 3 is 2.52 bits per heavy atom. The molecule has 1 fully saturated rings. The van der Waals surface area contributed by atoms with Gasteiger partial charge in [0.05, 0.1) is 6.54 Å². The first-order valence-electron chi connectivity index (χ1n) is 9.26. The highest BCUT2D eigenvalue weighted by atomic mass is 19.1. The van der Waals surface area contributed by atoms with Gasteiger partial charge >= 0.3 is 0 Å². The van der Waals surface area contributed by atoms with Crippen molar-refractivity contribution >= 4 is 22.5 Å². The molecule has 2 N–H and O–H groups in total. The number of aromatic nitrogens is 1. The second-order valence-electron chi connectivity index (χ2n) is 6.73. The molecule has 0 radical (unpaired) electrons. The van der Waals surface area contributed by atoms with Crippen molar-refractivity contribution < 1.29 is 4.39 Å². The summed E-state index contributed by atoms with van der Waals surface area (Å²) in [6.07, 6.45) is 0. The Labute approximate surface area is 158 Å². The molecule has 0 unspecified atom stereocenters. The van der Waals surface area contributed by atoms with Crippen molar-refractivity contribution in [3.8, 4) is 0 Å². The average Bonchev–Trinajstić information content (AvgIpc) is 3.12. The van der Waals surface area contributed by atoms with Crippen LogP contribution in [0.25, 0.3) is 10.9 Å². The quantitative estimate of drug-likeness (QED) is 0.553. The maximum Gasteiger partial charge on any atom is 0.194 e. The van der Waals surface area contributed by atoms with Gasteiger partial charge in [-0.15, -0.1) is 0 Å². The molecule has 27 heavy (non-hydrogen) atoms. The zero-order valence-electron chi connectivity index (χ0n) is 15.5. The molecule has 5 nitrogen and oxygen atoms in total. The van der Waals surface area contributed by atoms with Gasteiger partial charge in [0.25, 0.3) is 0 Å². The van der Waals surface area contributed by atoms with Crippen LogP contribution < -0.4 is 10.2 Å². The molecule has 1 saturated heterocycles. The molecule has 0 amide bonds. The largest absolute Gasteiger partial charge is 0.368 e. The zero-order valence-corrected chi connectivity index (χ0v) is 15.5. The first-order chi connectivity index (χ1) is 13.2. The SMILES string of the molecule is CN=C(NCc1cc2ccccc2[nH]1)N1CCN(c2ccc(F)cc2)CC1. The van der Waals surface area contributed by atoms with Crippen LogP contribution in [0.1, 0.15) is 5.69 Å². The summed E-state index contributed by atoms with van der Waals surface area (Å²) in [5, 5.41) is 4.67. The first kappa shape index (κ1) is 17.4. The molecule has 0 saturated carbocycles. The number of hydrogen-bond acceptors (Lipinski definition) is 2. The number of fused-ring (bicyclic) bond motifs is 1. The number of H-pyrrole nitrogens is 1. The molecule has 0 spiro atoms. The zero-order chi connectivity index (χ0) is 18.6. The van der Waals surface area contributed by atoms with E-state index in [9.17, 15) is 4.39 Å². The molecule has 2 heterocycles. The molecule has 4 rings (SSSR count). The maximum atomic E-state index is 13.1. The number of benzene rings is 2. The lowest BCUT2D eigenvalue weighted by atomic mass is 10.2. The lowest BCUT2D eigenvalue weighted by Crippen LogP contribution is -2.52. The van der Waals surface area contributed by atoms with E-state index in [0.29, 0.717) is 6.54 Å². The molecular formula is C21H24FN5. The number of aliphatic imine (C=N–C) groups is 1. The number of guanidine groups is 1. The number of nitrogens with zero attached hydrogens (tertiary/aromatic N) is 3. The van der Waals surface area contributed by atoms with Gasteiger partial charge in [-0.3, -0.25) is 4.99 Å². The summed E-state index contributed by atoms with van der Waals surface area (Å²) in [5.74, 6) is 0.714. The summed E-state index contributed by atoms with van der Waals surface area (Å²) < 4.78 is 13.1. The molecule has 0 aliphatic carbocycles. The van der Waals surface area contributed by atoms with Crippen LogP contribution in [0.3, 0.4) is 0 Å². The van der Waals surface area contributed by atoms with Crippen LogP contribution in [0.4, 0.5) is 10.1 Å². The van der Waals surface area contributed by atoms with Gasteiger partial charge in [-0.2, -0.15) is 0 Å². The number of rotatable bonds is 3. The van der Waals surface area contributed by atoms with Crippen molar-refractivity contribution in [2.75, 3.05) is 38.1 Å². The van der Waals surface area contributed by atoms with Crippen molar-refractivity contribution in [3.63, 3.8) is 0 Å². The Bertz CT molecular complexity index is 890. The van der Waals surface area contributed by atoms with Gasteiger partial charge in [-0.1, -0.05) is 18.2 Å². The number of halogens is 1. The third kappa shape index (κ3) is 3.89. The number of hydrogen-bond donors (Lipinski definition) is 2. The molecule has 0 atom stereocenters. The van der Waals surface area contributed by atoms with E-state index in [1.165, 1.54) is 17.5 Å². The molecule has 2 aromatic carbocycles. The number of para-hydroxylation sites is 1. The third-order valence-corrected chi connectivity index (χ3v) is 5.01. The van der Waals surface area contributed by atoms with E-state index in [4.69, 9.17) is 0 Å². The van der Waals surface area contributed by atoms with Gasteiger partial charge in [-0.05, 0) is 41.8 Å². The van der Waals surface area contributed by atoms with Crippen LogP contribution in [0.2, 0.25) is 0 Å². The van der Waals surface area contributed by atoms with Gasteiger partial charge in [0.15, 0.2) is 5.96 Å². The average molecular weight is 365 g/mol. The van der Waals surface area contributed by atoms with Crippen LogP contribution in [0, 0.1) is 5.82 Å². The van der Waals surface area contributed by atoms with E-state index in [-0.39, 0.29) is 5.82 Å². The second kappa shape index (κ2) is 7.70. The van der Waals surface area contributed by atoms with Crippen molar-refractivity contribution in [2.45, 2.75) is 6.54 Å². The van der Waals surface area contributed by atoms with E-state index < -0.39 is 0 Å². The summed E-state index contributed by atoms with van der Waals surface area (Å²) in [7, 11) is 1.82. The Hall–Kier alpha value is -3.02. The Balaban J connectivity index is 1.34.